The number of carbonyl (C=O) groups excluding carboxylic acids is 2. The number of nitrogens with one attached hydrogen (secondary N) is 1. The lowest BCUT2D eigenvalue weighted by Crippen LogP contribution is -2.27. The lowest BCUT2D eigenvalue weighted by atomic mass is 10.1. The van der Waals surface area contributed by atoms with Gasteiger partial charge in [0, 0.05) is 19.4 Å². The molecule has 0 radical (unpaired) electrons. The van der Waals surface area contributed by atoms with Gasteiger partial charge in [0.1, 0.15) is 12.7 Å². The molecule has 0 saturated carbocycles. The van der Waals surface area contributed by atoms with Crippen molar-refractivity contribution in [2.24, 2.45) is 0 Å². The largest absolute Gasteiger partial charge is 0.472 e. The number of hydrogen-bond acceptors (Lipinski definition) is 7. The van der Waals surface area contributed by atoms with Crippen LogP contribution in [0.1, 0.15) is 181 Å². The molecule has 1 amide bonds. The average Bonchev–Trinajstić information content (AvgIpc) is 3.08. The minimum Gasteiger partial charge on any atom is -0.463 e. The van der Waals surface area contributed by atoms with Gasteiger partial charge < -0.3 is 20.1 Å². The fourth-order valence-electron chi connectivity index (χ4n) is 5.31. The van der Waals surface area contributed by atoms with E-state index in [9.17, 15) is 24.2 Å². The molecule has 10 heteroatoms. The molecule has 0 aliphatic carbocycles. The van der Waals surface area contributed by atoms with Crippen LogP contribution in [0.3, 0.4) is 0 Å². The zero-order chi connectivity index (χ0) is 36.1. The number of hydrogen-bond donors (Lipinski definition) is 3. The number of phosphoric acid groups is 1. The summed E-state index contributed by atoms with van der Waals surface area (Å²) in [6.07, 6.45) is 36.7. The van der Waals surface area contributed by atoms with Crippen LogP contribution in [-0.2, 0) is 27.9 Å². The van der Waals surface area contributed by atoms with Crippen molar-refractivity contribution < 1.29 is 37.9 Å². The normalized spacial score (nSPS) is 13.6. The molecule has 0 aromatic carbocycles. The highest BCUT2D eigenvalue weighted by Crippen LogP contribution is 2.42. The molecule has 2 unspecified atom stereocenters. The fourth-order valence-corrected chi connectivity index (χ4v) is 6.07. The molecule has 2 atom stereocenters. The van der Waals surface area contributed by atoms with Crippen LogP contribution < -0.4 is 5.32 Å². The second-order valence-electron chi connectivity index (χ2n) is 13.2. The number of aliphatic hydroxyl groups excluding tert-OH is 1. The minimum absolute atomic E-state index is 0.0776. The number of ether oxygens (including phenoxy) is 1. The first-order valence-corrected chi connectivity index (χ1v) is 21.3. The van der Waals surface area contributed by atoms with Gasteiger partial charge in [-0.1, -0.05) is 128 Å². The van der Waals surface area contributed by atoms with Gasteiger partial charge in [0.15, 0.2) is 0 Å². The molecule has 0 rings (SSSR count). The Labute approximate surface area is 300 Å². The molecular formula is C39H74NO8P. The predicted octanol–water partition coefficient (Wildman–Crippen LogP) is 10.4. The SMILES string of the molecule is CCCCCC/C=C\CCCCCCCC(=O)OCC(O)COP(=O)(O)OCCNC(=O)CCCCCCC/C=C\CCCCCCCC. The van der Waals surface area contributed by atoms with E-state index in [1.807, 2.05) is 0 Å². The number of esters is 1. The summed E-state index contributed by atoms with van der Waals surface area (Å²) in [5, 5.41) is 12.6. The standard InChI is InChI=1S/C39H74NO8P/c1-3-5-7-9-11-13-15-17-18-20-21-23-25-27-29-31-38(42)40-33-34-47-49(44,45)48-36-37(41)35-46-39(43)32-30-28-26-24-22-19-16-14-12-10-8-6-4-2/h14,16-18,37,41H,3-13,15,19-36H2,1-2H3,(H,40,42)(H,44,45)/b16-14-,18-17-. The van der Waals surface area contributed by atoms with Gasteiger partial charge in [-0.3, -0.25) is 18.6 Å². The quantitative estimate of drug-likeness (QED) is 0.0251. The Balaban J connectivity index is 3.63. The molecule has 0 fully saturated rings. The van der Waals surface area contributed by atoms with Crippen LogP contribution in [0.25, 0.3) is 0 Å². The number of rotatable bonds is 37. The van der Waals surface area contributed by atoms with Gasteiger partial charge >= 0.3 is 13.8 Å². The molecule has 0 saturated heterocycles. The molecule has 0 aromatic heterocycles. The topological polar surface area (TPSA) is 131 Å². The summed E-state index contributed by atoms with van der Waals surface area (Å²) in [7, 11) is -4.41. The Hall–Kier alpha value is -1.51. The summed E-state index contributed by atoms with van der Waals surface area (Å²) < 4.78 is 26.8. The first-order chi connectivity index (χ1) is 23.8. The summed E-state index contributed by atoms with van der Waals surface area (Å²) in [4.78, 5) is 33.8. The van der Waals surface area contributed by atoms with Crippen molar-refractivity contribution in [2.75, 3.05) is 26.4 Å². The maximum absolute atomic E-state index is 12.1. The van der Waals surface area contributed by atoms with Crippen molar-refractivity contribution >= 4 is 19.7 Å². The van der Waals surface area contributed by atoms with Crippen molar-refractivity contribution in [1.29, 1.82) is 0 Å². The Morgan fingerprint density at radius 3 is 1.55 bits per heavy atom. The second-order valence-corrected chi connectivity index (χ2v) is 14.7. The van der Waals surface area contributed by atoms with Crippen molar-refractivity contribution in [2.45, 2.75) is 187 Å². The van der Waals surface area contributed by atoms with Gasteiger partial charge in [-0.25, -0.2) is 4.57 Å². The number of aliphatic hydroxyl groups is 1. The first-order valence-electron chi connectivity index (χ1n) is 19.8. The number of allylic oxidation sites excluding steroid dienone is 4. The summed E-state index contributed by atoms with van der Waals surface area (Å²) in [5.74, 6) is -0.533. The van der Waals surface area contributed by atoms with Gasteiger partial charge in [-0.2, -0.15) is 0 Å². The number of amides is 1. The summed E-state index contributed by atoms with van der Waals surface area (Å²) in [6, 6.07) is 0. The molecule has 3 N–H and O–H groups in total. The molecule has 0 aromatic rings. The Kier molecular flexibility index (Phi) is 35.2. The molecule has 0 spiro atoms. The van der Waals surface area contributed by atoms with Crippen LogP contribution in [0.4, 0.5) is 0 Å². The van der Waals surface area contributed by atoms with Crippen LogP contribution in [0.15, 0.2) is 24.3 Å². The Bertz CT molecular complexity index is 866. The van der Waals surface area contributed by atoms with Crippen LogP contribution in [0.2, 0.25) is 0 Å². The van der Waals surface area contributed by atoms with Gasteiger partial charge in [-0.05, 0) is 64.2 Å². The summed E-state index contributed by atoms with van der Waals surface area (Å²) in [6.45, 7) is 3.51. The zero-order valence-electron chi connectivity index (χ0n) is 31.4. The first kappa shape index (κ1) is 47.5. The van der Waals surface area contributed by atoms with E-state index in [1.165, 1.54) is 83.5 Å². The fraction of sp³-hybridized carbons (Fsp3) is 0.846. The highest BCUT2D eigenvalue weighted by molar-refractivity contribution is 7.47. The Morgan fingerprint density at radius 2 is 1.04 bits per heavy atom. The minimum atomic E-state index is -4.41. The van der Waals surface area contributed by atoms with Gasteiger partial charge in [0.2, 0.25) is 5.91 Å². The van der Waals surface area contributed by atoms with Crippen LogP contribution in [-0.4, -0.2) is 54.3 Å². The number of carbonyl (C=O) groups is 2. The lowest BCUT2D eigenvalue weighted by molar-refractivity contribution is -0.147. The van der Waals surface area contributed by atoms with E-state index in [4.69, 9.17) is 13.8 Å². The predicted molar refractivity (Wildman–Crippen MR) is 201 cm³/mol. The molecule has 0 bridgehead atoms. The highest BCUT2D eigenvalue weighted by atomic mass is 31.2. The third kappa shape index (κ3) is 37.6. The Morgan fingerprint density at radius 1 is 0.612 bits per heavy atom. The number of phosphoric ester groups is 1. The lowest BCUT2D eigenvalue weighted by Gasteiger charge is -2.15. The van der Waals surface area contributed by atoms with E-state index in [1.54, 1.807) is 0 Å². The van der Waals surface area contributed by atoms with E-state index >= 15 is 0 Å². The van der Waals surface area contributed by atoms with Gasteiger partial charge in [0.25, 0.3) is 0 Å². The monoisotopic (exact) mass is 716 g/mol. The van der Waals surface area contributed by atoms with Crippen molar-refractivity contribution in [1.82, 2.24) is 5.32 Å². The van der Waals surface area contributed by atoms with E-state index in [-0.39, 0.29) is 32.1 Å². The van der Waals surface area contributed by atoms with Crippen LogP contribution >= 0.6 is 7.82 Å². The summed E-state index contributed by atoms with van der Waals surface area (Å²) >= 11 is 0. The van der Waals surface area contributed by atoms with Crippen LogP contribution in [0.5, 0.6) is 0 Å². The second kappa shape index (κ2) is 36.3. The third-order valence-corrected chi connectivity index (χ3v) is 9.34. The zero-order valence-corrected chi connectivity index (χ0v) is 32.3. The van der Waals surface area contributed by atoms with Crippen molar-refractivity contribution in [3.05, 3.63) is 24.3 Å². The molecular weight excluding hydrogens is 641 g/mol. The number of unbranched alkanes of at least 4 members (excludes halogenated alkanes) is 20. The maximum Gasteiger partial charge on any atom is 0.472 e. The third-order valence-electron chi connectivity index (χ3n) is 8.35. The van der Waals surface area contributed by atoms with Crippen LogP contribution in [0, 0.1) is 0 Å². The van der Waals surface area contributed by atoms with E-state index < -0.39 is 26.5 Å². The molecule has 288 valence electrons. The van der Waals surface area contributed by atoms with Crippen molar-refractivity contribution in [3.63, 3.8) is 0 Å². The van der Waals surface area contributed by atoms with Crippen molar-refractivity contribution in [3.8, 4) is 0 Å². The molecule has 49 heavy (non-hydrogen) atoms. The van der Waals surface area contributed by atoms with E-state index in [2.05, 4.69) is 43.5 Å². The van der Waals surface area contributed by atoms with Gasteiger partial charge in [-0.15, -0.1) is 0 Å². The van der Waals surface area contributed by atoms with Gasteiger partial charge in [0.05, 0.1) is 13.2 Å². The average molecular weight is 716 g/mol. The van der Waals surface area contributed by atoms with E-state index in [0.29, 0.717) is 6.42 Å². The maximum atomic E-state index is 12.1. The van der Waals surface area contributed by atoms with E-state index in [0.717, 1.165) is 70.6 Å². The summed E-state index contributed by atoms with van der Waals surface area (Å²) in [5.41, 5.74) is 0. The molecule has 0 aliphatic rings. The highest BCUT2D eigenvalue weighted by Gasteiger charge is 2.23. The molecule has 0 heterocycles. The molecule has 9 nitrogen and oxygen atoms in total. The molecule has 0 aliphatic heterocycles. The smallest absolute Gasteiger partial charge is 0.463 e.